The average Bonchev–Trinajstić information content (AvgIpc) is 3.31. The highest BCUT2D eigenvalue weighted by Gasteiger charge is 2.19. The van der Waals surface area contributed by atoms with Gasteiger partial charge in [-0.3, -0.25) is 9.59 Å². The third-order valence-corrected chi connectivity index (χ3v) is 5.99. The summed E-state index contributed by atoms with van der Waals surface area (Å²) in [5.41, 5.74) is 3.49. The Kier molecular flexibility index (Phi) is 6.89. The fraction of sp³-hybridized carbons (Fsp3) is 0.280. The van der Waals surface area contributed by atoms with Crippen molar-refractivity contribution in [1.82, 2.24) is 15.3 Å². The van der Waals surface area contributed by atoms with Gasteiger partial charge in [0.2, 0.25) is 0 Å². The van der Waals surface area contributed by atoms with Crippen LogP contribution in [0.4, 0.5) is 5.69 Å². The summed E-state index contributed by atoms with van der Waals surface area (Å²) in [5.74, 6) is -0.137. The van der Waals surface area contributed by atoms with Crippen LogP contribution in [0.3, 0.4) is 0 Å². The van der Waals surface area contributed by atoms with Crippen LogP contribution >= 0.6 is 11.6 Å². The molecule has 8 heteroatoms. The maximum Gasteiger partial charge on any atom is 0.321 e. The molecule has 1 saturated carbocycles. The molecule has 0 aliphatic heterocycles. The Morgan fingerprint density at radius 3 is 2.27 bits per heavy atom. The lowest BCUT2D eigenvalue weighted by atomic mass is 10.1. The molecule has 0 spiro atoms. The molecule has 0 atom stereocenters. The molecular weight excluding hydrogens is 440 g/mol. The van der Waals surface area contributed by atoms with E-state index in [0.29, 0.717) is 16.9 Å². The summed E-state index contributed by atoms with van der Waals surface area (Å²) >= 11 is 6.32. The zero-order valence-electron chi connectivity index (χ0n) is 18.5. The minimum absolute atomic E-state index is 0.0451. The maximum atomic E-state index is 12.6. The van der Waals surface area contributed by atoms with Crippen molar-refractivity contribution in [3.05, 3.63) is 76.1 Å². The highest BCUT2D eigenvalue weighted by atomic mass is 35.5. The van der Waals surface area contributed by atoms with Crippen LogP contribution < -0.4 is 15.4 Å². The number of para-hydroxylation sites is 1. The predicted molar refractivity (Wildman–Crippen MR) is 127 cm³/mol. The van der Waals surface area contributed by atoms with E-state index in [2.05, 4.69) is 20.6 Å². The van der Waals surface area contributed by atoms with Crippen LogP contribution in [-0.4, -0.2) is 27.8 Å². The van der Waals surface area contributed by atoms with Crippen molar-refractivity contribution >= 4 is 29.1 Å². The summed E-state index contributed by atoms with van der Waals surface area (Å²) in [6.07, 6.45) is 7.09. The number of carbonyl (C=O) groups is 2. The second-order valence-electron chi connectivity index (χ2n) is 8.18. The molecule has 2 N–H and O–H groups in total. The zero-order valence-corrected chi connectivity index (χ0v) is 19.3. The number of rotatable bonds is 6. The molecule has 1 aliphatic rings. The largest absolute Gasteiger partial charge is 0.423 e. The van der Waals surface area contributed by atoms with Gasteiger partial charge < -0.3 is 15.4 Å². The number of halogens is 1. The molecule has 3 aromatic rings. The van der Waals surface area contributed by atoms with E-state index < -0.39 is 0 Å². The van der Waals surface area contributed by atoms with Crippen molar-refractivity contribution in [1.29, 1.82) is 0 Å². The number of anilines is 1. The number of amides is 2. The number of aryl methyl sites for hydroxylation is 2. The number of carbonyl (C=O) groups excluding carboxylic acids is 2. The van der Waals surface area contributed by atoms with Crippen molar-refractivity contribution in [2.24, 2.45) is 0 Å². The topological polar surface area (TPSA) is 93.2 Å². The quantitative estimate of drug-likeness (QED) is 0.505. The van der Waals surface area contributed by atoms with Gasteiger partial charge in [-0.25, -0.2) is 9.97 Å². The number of nitrogens with zero attached hydrogens (tertiary/aromatic N) is 2. The molecule has 7 nitrogen and oxygen atoms in total. The Bertz CT molecular complexity index is 1150. The second kappa shape index (κ2) is 10.0. The van der Waals surface area contributed by atoms with Crippen molar-refractivity contribution in [2.45, 2.75) is 45.6 Å². The number of nitrogens with one attached hydrogen (secondary N) is 2. The first kappa shape index (κ1) is 22.7. The molecule has 2 aromatic carbocycles. The molecule has 1 heterocycles. The molecule has 0 saturated heterocycles. The molecule has 0 unspecified atom stereocenters. The van der Waals surface area contributed by atoms with E-state index in [9.17, 15) is 9.59 Å². The van der Waals surface area contributed by atoms with E-state index in [0.717, 1.165) is 42.5 Å². The predicted octanol–water partition coefficient (Wildman–Crippen LogP) is 5.46. The van der Waals surface area contributed by atoms with Crippen molar-refractivity contribution < 1.29 is 14.3 Å². The number of benzene rings is 2. The number of hydrogen-bond acceptors (Lipinski definition) is 5. The van der Waals surface area contributed by atoms with E-state index in [1.807, 2.05) is 32.0 Å². The molecule has 170 valence electrons. The van der Waals surface area contributed by atoms with Crippen LogP contribution in [0.5, 0.6) is 11.8 Å². The van der Waals surface area contributed by atoms with Gasteiger partial charge in [-0.2, -0.15) is 0 Å². The van der Waals surface area contributed by atoms with E-state index >= 15 is 0 Å². The third-order valence-electron chi connectivity index (χ3n) is 5.70. The summed E-state index contributed by atoms with van der Waals surface area (Å²) in [7, 11) is 0. The maximum absolute atomic E-state index is 12.6. The Morgan fingerprint density at radius 2 is 1.64 bits per heavy atom. The van der Waals surface area contributed by atoms with E-state index in [-0.39, 0.29) is 28.9 Å². The van der Waals surface area contributed by atoms with Crippen LogP contribution in [0.25, 0.3) is 0 Å². The normalized spacial score (nSPS) is 13.5. The van der Waals surface area contributed by atoms with Crippen molar-refractivity contribution in [3.8, 4) is 11.8 Å². The van der Waals surface area contributed by atoms with Gasteiger partial charge in [0.25, 0.3) is 11.8 Å². The lowest BCUT2D eigenvalue weighted by Crippen LogP contribution is -2.32. The Balaban J connectivity index is 1.40. The summed E-state index contributed by atoms with van der Waals surface area (Å²) in [6.45, 7) is 3.87. The van der Waals surface area contributed by atoms with E-state index in [4.69, 9.17) is 16.3 Å². The molecule has 1 fully saturated rings. The summed E-state index contributed by atoms with van der Waals surface area (Å²) in [4.78, 5) is 33.2. The van der Waals surface area contributed by atoms with Gasteiger partial charge in [-0.1, -0.05) is 42.6 Å². The molecule has 4 rings (SSSR count). The third kappa shape index (κ3) is 5.49. The Morgan fingerprint density at radius 1 is 0.970 bits per heavy atom. The van der Waals surface area contributed by atoms with Gasteiger partial charge in [0, 0.05) is 29.7 Å². The number of aromatic nitrogens is 2. The zero-order chi connectivity index (χ0) is 23.4. The van der Waals surface area contributed by atoms with Gasteiger partial charge in [0.1, 0.15) is 5.75 Å². The molecule has 1 aromatic heterocycles. The monoisotopic (exact) mass is 464 g/mol. The molecule has 1 aliphatic carbocycles. The molecule has 2 amide bonds. The van der Waals surface area contributed by atoms with Gasteiger partial charge in [-0.15, -0.1) is 0 Å². The lowest BCUT2D eigenvalue weighted by Gasteiger charge is -2.13. The first-order chi connectivity index (χ1) is 15.9. The molecule has 0 radical (unpaired) electrons. The van der Waals surface area contributed by atoms with Crippen molar-refractivity contribution in [3.63, 3.8) is 0 Å². The fourth-order valence-corrected chi connectivity index (χ4v) is 4.06. The van der Waals surface area contributed by atoms with Crippen molar-refractivity contribution in [2.75, 3.05) is 5.32 Å². The average molecular weight is 465 g/mol. The standard InChI is InChI=1S/C25H25ClN4O3/c1-15-6-5-7-16(2)22(15)30-24(32)18-13-27-25(28-14-18)33-21-11-10-17(12-20(21)26)23(31)29-19-8-3-4-9-19/h5-7,10-14,19H,3-4,8-9H2,1-2H3,(H,29,31)(H,30,32). The van der Waals surface area contributed by atoms with Gasteiger partial charge in [-0.05, 0) is 56.0 Å². The molecule has 0 bridgehead atoms. The first-order valence-electron chi connectivity index (χ1n) is 10.9. The first-order valence-corrected chi connectivity index (χ1v) is 11.3. The van der Waals surface area contributed by atoms with Crippen LogP contribution in [0.2, 0.25) is 5.02 Å². The molecular formula is C25H25ClN4O3. The minimum Gasteiger partial charge on any atom is -0.423 e. The number of ether oxygens (including phenoxy) is 1. The van der Waals surface area contributed by atoms with Crippen LogP contribution in [0.15, 0.2) is 48.8 Å². The van der Waals surface area contributed by atoms with Gasteiger partial charge in [0.15, 0.2) is 0 Å². The Hall–Kier alpha value is -3.45. The highest BCUT2D eigenvalue weighted by molar-refractivity contribution is 6.32. The summed E-state index contributed by atoms with van der Waals surface area (Å²) in [6, 6.07) is 10.9. The van der Waals surface area contributed by atoms with Gasteiger partial charge in [0.05, 0.1) is 10.6 Å². The highest BCUT2D eigenvalue weighted by Crippen LogP contribution is 2.29. The van der Waals surface area contributed by atoms with Crippen LogP contribution in [0.1, 0.15) is 57.5 Å². The molecule has 33 heavy (non-hydrogen) atoms. The van der Waals surface area contributed by atoms with Gasteiger partial charge >= 0.3 is 6.01 Å². The summed E-state index contributed by atoms with van der Waals surface area (Å²) in [5, 5.41) is 6.20. The van der Waals surface area contributed by atoms with E-state index in [1.54, 1.807) is 18.2 Å². The lowest BCUT2D eigenvalue weighted by molar-refractivity contribution is 0.0937. The summed E-state index contributed by atoms with van der Waals surface area (Å²) < 4.78 is 5.65. The minimum atomic E-state index is -0.311. The fourth-order valence-electron chi connectivity index (χ4n) is 3.85. The van der Waals surface area contributed by atoms with E-state index in [1.165, 1.54) is 12.4 Å². The Labute approximate surface area is 197 Å². The smallest absolute Gasteiger partial charge is 0.321 e. The number of hydrogen-bond donors (Lipinski definition) is 2. The SMILES string of the molecule is Cc1cccc(C)c1NC(=O)c1cnc(Oc2ccc(C(=O)NC3CCCC3)cc2Cl)nc1. The van der Waals surface area contributed by atoms with Crippen LogP contribution in [-0.2, 0) is 0 Å². The second-order valence-corrected chi connectivity index (χ2v) is 8.58. The van der Waals surface area contributed by atoms with Crippen LogP contribution in [0, 0.1) is 13.8 Å².